The Morgan fingerprint density at radius 1 is 1.27 bits per heavy atom. The van der Waals surface area contributed by atoms with Gasteiger partial charge in [-0.1, -0.05) is 11.6 Å². The Bertz CT molecular complexity index is 594. The van der Waals surface area contributed by atoms with Crippen LogP contribution in [0.4, 0.5) is 26.9 Å². The van der Waals surface area contributed by atoms with Gasteiger partial charge in [-0.2, -0.15) is 0 Å². The Hall–Kier alpha value is -2.62. The number of nitrogens with zero attached hydrogens (tertiary/aromatic N) is 2. The third-order valence-electron chi connectivity index (χ3n) is 2.13. The lowest BCUT2D eigenvalue weighted by molar-refractivity contribution is -0.384. The molecule has 0 bridgehead atoms. The summed E-state index contributed by atoms with van der Waals surface area (Å²) in [5.41, 5.74) is -0.621. The van der Waals surface area contributed by atoms with E-state index in [2.05, 4.69) is 25.1 Å². The molecule has 0 saturated heterocycles. The van der Waals surface area contributed by atoms with Crippen LogP contribution in [0.3, 0.4) is 0 Å². The molecule has 10 nitrogen and oxygen atoms in total. The van der Waals surface area contributed by atoms with E-state index < -0.39 is 28.6 Å². The molecule has 1 aromatic rings. The maximum Gasteiger partial charge on any atom is 0.412 e. The standard InChI is InChI=1S/C11H13ClN4O6/c1-3-21-10(17)14-7-5-6(12)8(16(19)20)9(13-7)15-11(18)22-4-2/h5H,3-4H2,1-2H3,(H2,13,14,15,17,18). The fourth-order valence-electron chi connectivity index (χ4n) is 1.37. The summed E-state index contributed by atoms with van der Waals surface area (Å²) in [6.07, 6.45) is -1.76. The monoisotopic (exact) mass is 332 g/mol. The molecule has 2 amide bonds. The zero-order chi connectivity index (χ0) is 16.7. The van der Waals surface area contributed by atoms with E-state index in [9.17, 15) is 19.7 Å². The lowest BCUT2D eigenvalue weighted by Gasteiger charge is -2.09. The molecule has 1 aromatic heterocycles. The quantitative estimate of drug-likeness (QED) is 0.625. The smallest absolute Gasteiger partial charge is 0.412 e. The third kappa shape index (κ3) is 4.74. The molecule has 0 atom stereocenters. The molecule has 0 radical (unpaired) electrons. The Morgan fingerprint density at radius 2 is 1.82 bits per heavy atom. The number of halogens is 1. The largest absolute Gasteiger partial charge is 0.450 e. The summed E-state index contributed by atoms with van der Waals surface area (Å²) in [7, 11) is 0. The van der Waals surface area contributed by atoms with Crippen molar-refractivity contribution in [3.8, 4) is 0 Å². The van der Waals surface area contributed by atoms with Crippen LogP contribution in [-0.2, 0) is 9.47 Å². The van der Waals surface area contributed by atoms with Crippen LogP contribution in [0.15, 0.2) is 6.07 Å². The first-order chi connectivity index (χ1) is 10.4. The first-order valence-electron chi connectivity index (χ1n) is 6.11. The van der Waals surface area contributed by atoms with Gasteiger partial charge in [0.1, 0.15) is 10.8 Å². The number of hydrogen-bond donors (Lipinski definition) is 2. The van der Waals surface area contributed by atoms with Gasteiger partial charge >= 0.3 is 17.9 Å². The van der Waals surface area contributed by atoms with Gasteiger partial charge in [-0.15, -0.1) is 0 Å². The number of carbonyl (C=O) groups is 2. The van der Waals surface area contributed by atoms with Gasteiger partial charge in [-0.05, 0) is 13.8 Å². The SMILES string of the molecule is CCOC(=O)Nc1cc(Cl)c([N+](=O)[O-])c(NC(=O)OCC)n1. The number of ether oxygens (including phenoxy) is 2. The summed E-state index contributed by atoms with van der Waals surface area (Å²) in [5, 5.41) is 15.0. The Kier molecular flexibility index (Phi) is 6.32. The lowest BCUT2D eigenvalue weighted by atomic mass is 10.3. The number of pyridine rings is 1. The number of nitro groups is 1. The average molecular weight is 333 g/mol. The second-order valence-corrected chi connectivity index (χ2v) is 4.04. The van der Waals surface area contributed by atoms with Gasteiger partial charge in [0.2, 0.25) is 5.82 Å². The molecule has 22 heavy (non-hydrogen) atoms. The second kappa shape index (κ2) is 7.98. The maximum absolute atomic E-state index is 11.4. The van der Waals surface area contributed by atoms with Gasteiger partial charge in [0.05, 0.1) is 18.1 Å². The number of aromatic nitrogens is 1. The molecular formula is C11H13ClN4O6. The van der Waals surface area contributed by atoms with Crippen molar-refractivity contribution in [2.45, 2.75) is 13.8 Å². The minimum Gasteiger partial charge on any atom is -0.450 e. The fourth-order valence-corrected chi connectivity index (χ4v) is 1.63. The molecule has 11 heteroatoms. The molecule has 0 aliphatic rings. The van der Waals surface area contributed by atoms with Crippen LogP contribution in [-0.4, -0.2) is 35.3 Å². The molecule has 0 aliphatic heterocycles. The number of nitrogens with one attached hydrogen (secondary N) is 2. The van der Waals surface area contributed by atoms with Crippen molar-refractivity contribution in [2.24, 2.45) is 0 Å². The van der Waals surface area contributed by atoms with Crippen LogP contribution in [0.5, 0.6) is 0 Å². The van der Waals surface area contributed by atoms with Crippen molar-refractivity contribution in [1.29, 1.82) is 0 Å². The Labute approximate surface area is 129 Å². The molecule has 0 spiro atoms. The summed E-state index contributed by atoms with van der Waals surface area (Å²) in [6.45, 7) is 3.35. The van der Waals surface area contributed by atoms with E-state index in [4.69, 9.17) is 11.6 Å². The molecule has 0 unspecified atom stereocenters. The second-order valence-electron chi connectivity index (χ2n) is 3.63. The van der Waals surface area contributed by atoms with Crippen LogP contribution >= 0.6 is 11.6 Å². The van der Waals surface area contributed by atoms with Crippen LogP contribution in [0, 0.1) is 10.1 Å². The lowest BCUT2D eigenvalue weighted by Crippen LogP contribution is -2.18. The number of anilines is 2. The third-order valence-corrected chi connectivity index (χ3v) is 2.42. The minimum absolute atomic E-state index is 0.0636. The summed E-state index contributed by atoms with van der Waals surface area (Å²) in [4.78, 5) is 36.6. The predicted octanol–water partition coefficient (Wildman–Crippen LogP) is 2.78. The summed E-state index contributed by atoms with van der Waals surface area (Å²) < 4.78 is 9.26. The highest BCUT2D eigenvalue weighted by Crippen LogP contribution is 2.33. The van der Waals surface area contributed by atoms with Crippen molar-refractivity contribution < 1.29 is 24.0 Å². The minimum atomic E-state index is -0.942. The van der Waals surface area contributed by atoms with Crippen LogP contribution < -0.4 is 10.6 Å². The molecule has 0 aromatic carbocycles. The summed E-state index contributed by atoms with van der Waals surface area (Å²) >= 11 is 5.78. The van der Waals surface area contributed by atoms with Crippen molar-refractivity contribution in [1.82, 2.24) is 4.98 Å². The van der Waals surface area contributed by atoms with Gasteiger partial charge in [0.25, 0.3) is 0 Å². The van der Waals surface area contributed by atoms with Crippen molar-refractivity contribution in [3.63, 3.8) is 0 Å². The highest BCUT2D eigenvalue weighted by molar-refractivity contribution is 6.33. The molecule has 120 valence electrons. The highest BCUT2D eigenvalue weighted by Gasteiger charge is 2.24. The predicted molar refractivity (Wildman–Crippen MR) is 77.2 cm³/mol. The number of amides is 2. The van der Waals surface area contributed by atoms with Crippen molar-refractivity contribution in [2.75, 3.05) is 23.8 Å². The Balaban J connectivity index is 3.13. The van der Waals surface area contributed by atoms with E-state index >= 15 is 0 Å². The number of rotatable bonds is 5. The first kappa shape index (κ1) is 17.4. The zero-order valence-electron chi connectivity index (χ0n) is 11.7. The molecule has 1 heterocycles. The summed E-state index contributed by atoms with van der Waals surface area (Å²) in [5.74, 6) is -0.580. The van der Waals surface area contributed by atoms with Gasteiger partial charge in [-0.25, -0.2) is 14.6 Å². The summed E-state index contributed by atoms with van der Waals surface area (Å²) in [6, 6.07) is 1.06. The van der Waals surface area contributed by atoms with Gasteiger partial charge in [0, 0.05) is 6.07 Å². The fraction of sp³-hybridized carbons (Fsp3) is 0.364. The number of hydrogen-bond acceptors (Lipinski definition) is 7. The van der Waals surface area contributed by atoms with E-state index in [-0.39, 0.29) is 24.1 Å². The molecule has 2 N–H and O–H groups in total. The van der Waals surface area contributed by atoms with Crippen LogP contribution in [0.1, 0.15) is 13.8 Å². The maximum atomic E-state index is 11.4. The van der Waals surface area contributed by atoms with E-state index in [0.717, 1.165) is 6.07 Å². The average Bonchev–Trinajstić information content (AvgIpc) is 2.37. The normalized spacial score (nSPS) is 9.77. The van der Waals surface area contributed by atoms with Gasteiger partial charge in [0.15, 0.2) is 0 Å². The van der Waals surface area contributed by atoms with Crippen molar-refractivity contribution in [3.05, 3.63) is 21.2 Å². The Morgan fingerprint density at radius 3 is 2.32 bits per heavy atom. The van der Waals surface area contributed by atoms with Crippen molar-refractivity contribution >= 4 is 41.1 Å². The van der Waals surface area contributed by atoms with E-state index in [0.29, 0.717) is 0 Å². The molecule has 0 fully saturated rings. The zero-order valence-corrected chi connectivity index (χ0v) is 12.5. The van der Waals surface area contributed by atoms with Crippen LogP contribution in [0.2, 0.25) is 5.02 Å². The van der Waals surface area contributed by atoms with Crippen LogP contribution in [0.25, 0.3) is 0 Å². The number of carbonyl (C=O) groups excluding carboxylic acids is 2. The molecular weight excluding hydrogens is 320 g/mol. The molecule has 0 aliphatic carbocycles. The van der Waals surface area contributed by atoms with E-state index in [1.165, 1.54) is 0 Å². The topological polar surface area (TPSA) is 133 Å². The van der Waals surface area contributed by atoms with Gasteiger partial charge < -0.3 is 9.47 Å². The molecule has 0 saturated carbocycles. The molecule has 1 rings (SSSR count). The highest BCUT2D eigenvalue weighted by atomic mass is 35.5. The first-order valence-corrected chi connectivity index (χ1v) is 6.49. The van der Waals surface area contributed by atoms with Gasteiger partial charge in [-0.3, -0.25) is 20.7 Å². The van der Waals surface area contributed by atoms with E-state index in [1.807, 2.05) is 0 Å². The van der Waals surface area contributed by atoms with E-state index in [1.54, 1.807) is 13.8 Å².